The van der Waals surface area contributed by atoms with Gasteiger partial charge in [-0.3, -0.25) is 10.1 Å². The lowest BCUT2D eigenvalue weighted by atomic mass is 10.2. The van der Waals surface area contributed by atoms with E-state index < -0.39 is 0 Å². The van der Waals surface area contributed by atoms with Gasteiger partial charge in [0.2, 0.25) is 5.91 Å². The highest BCUT2D eigenvalue weighted by Gasteiger charge is 2.30. The number of hydrogen-bond acceptors (Lipinski definition) is 5. The van der Waals surface area contributed by atoms with Crippen LogP contribution in [0.5, 0.6) is 5.75 Å². The van der Waals surface area contributed by atoms with E-state index in [0.717, 1.165) is 30.4 Å². The van der Waals surface area contributed by atoms with Crippen molar-refractivity contribution >= 4 is 23.4 Å². The molecule has 0 radical (unpaired) electrons. The molecule has 2 fully saturated rings. The fourth-order valence-electron chi connectivity index (χ4n) is 2.85. The van der Waals surface area contributed by atoms with Gasteiger partial charge in [0.05, 0.1) is 18.8 Å². The topological polar surface area (TPSA) is 44.8 Å². The maximum absolute atomic E-state index is 13.3. The molecule has 2 aliphatic heterocycles. The second-order valence-electron chi connectivity index (χ2n) is 5.40. The van der Waals surface area contributed by atoms with Crippen LogP contribution in [0.1, 0.15) is 0 Å². The summed E-state index contributed by atoms with van der Waals surface area (Å²) in [6.45, 7) is 2.83. The zero-order valence-corrected chi connectivity index (χ0v) is 13.4. The Morgan fingerprint density at radius 1 is 1.36 bits per heavy atom. The second-order valence-corrected chi connectivity index (χ2v) is 6.43. The lowest BCUT2D eigenvalue weighted by molar-refractivity contribution is -0.132. The standard InChI is InChI=1S/C15H20FN3O2S/c1-21-14-8-11(16)2-3-13(14)18-4-6-19(7-5-18)15(20)12-9-22-10-17-12/h2-3,8,12,17H,4-7,9-10H2,1H3/t12-/m1/s1. The maximum Gasteiger partial charge on any atom is 0.240 e. The number of amides is 1. The monoisotopic (exact) mass is 325 g/mol. The van der Waals surface area contributed by atoms with Crippen molar-refractivity contribution in [3.05, 3.63) is 24.0 Å². The van der Waals surface area contributed by atoms with E-state index in [4.69, 9.17) is 4.74 Å². The van der Waals surface area contributed by atoms with Crippen LogP contribution in [0.3, 0.4) is 0 Å². The number of hydrogen-bond donors (Lipinski definition) is 1. The molecule has 7 heteroatoms. The minimum atomic E-state index is -0.306. The molecule has 120 valence electrons. The highest BCUT2D eigenvalue weighted by molar-refractivity contribution is 7.99. The molecule has 0 bridgehead atoms. The molecule has 1 aromatic rings. The van der Waals surface area contributed by atoms with Crippen molar-refractivity contribution in [1.29, 1.82) is 0 Å². The number of thioether (sulfide) groups is 1. The molecule has 1 atom stereocenters. The number of nitrogens with one attached hydrogen (secondary N) is 1. The van der Waals surface area contributed by atoms with Crippen molar-refractivity contribution < 1.29 is 13.9 Å². The van der Waals surface area contributed by atoms with Gasteiger partial charge in [-0.05, 0) is 12.1 Å². The van der Waals surface area contributed by atoms with Crippen LogP contribution in [0.15, 0.2) is 18.2 Å². The van der Waals surface area contributed by atoms with Crippen molar-refractivity contribution in [3.8, 4) is 5.75 Å². The Morgan fingerprint density at radius 2 is 2.14 bits per heavy atom. The van der Waals surface area contributed by atoms with Crippen LogP contribution in [-0.4, -0.2) is 61.8 Å². The summed E-state index contributed by atoms with van der Waals surface area (Å²) in [5.74, 6) is 2.12. The van der Waals surface area contributed by atoms with Gasteiger partial charge >= 0.3 is 0 Å². The molecule has 3 rings (SSSR count). The molecule has 2 aliphatic rings. The van der Waals surface area contributed by atoms with E-state index in [9.17, 15) is 9.18 Å². The first-order chi connectivity index (χ1) is 10.7. The number of methoxy groups -OCH3 is 1. The van der Waals surface area contributed by atoms with E-state index >= 15 is 0 Å². The summed E-state index contributed by atoms with van der Waals surface area (Å²) in [5.41, 5.74) is 0.880. The van der Waals surface area contributed by atoms with Crippen molar-refractivity contribution in [3.63, 3.8) is 0 Å². The van der Waals surface area contributed by atoms with Crippen molar-refractivity contribution in [2.24, 2.45) is 0 Å². The quantitative estimate of drug-likeness (QED) is 0.903. The maximum atomic E-state index is 13.3. The number of nitrogens with zero attached hydrogens (tertiary/aromatic N) is 2. The predicted molar refractivity (Wildman–Crippen MR) is 86.0 cm³/mol. The molecule has 1 amide bonds. The molecule has 5 nitrogen and oxygen atoms in total. The minimum absolute atomic E-state index is 0.0445. The van der Waals surface area contributed by atoms with Crippen LogP contribution in [0.4, 0.5) is 10.1 Å². The Bertz CT molecular complexity index is 544. The first kappa shape index (κ1) is 15.4. The third-order valence-corrected chi connectivity index (χ3v) is 5.03. The van der Waals surface area contributed by atoms with E-state index in [0.29, 0.717) is 18.8 Å². The largest absolute Gasteiger partial charge is 0.494 e. The number of rotatable bonds is 3. The van der Waals surface area contributed by atoms with Gasteiger partial charge in [0, 0.05) is 43.9 Å². The zero-order valence-electron chi connectivity index (χ0n) is 12.5. The summed E-state index contributed by atoms with van der Waals surface area (Å²) >= 11 is 1.76. The van der Waals surface area contributed by atoms with Crippen LogP contribution in [0.2, 0.25) is 0 Å². The number of ether oxygens (including phenoxy) is 1. The second kappa shape index (κ2) is 6.75. The normalized spacial score (nSPS) is 22.0. The van der Waals surface area contributed by atoms with E-state index in [2.05, 4.69) is 10.2 Å². The summed E-state index contributed by atoms with van der Waals surface area (Å²) in [6.07, 6.45) is 0. The molecular weight excluding hydrogens is 305 g/mol. The molecule has 22 heavy (non-hydrogen) atoms. The number of benzene rings is 1. The van der Waals surface area contributed by atoms with Crippen molar-refractivity contribution in [2.75, 3.05) is 49.8 Å². The molecule has 0 spiro atoms. The minimum Gasteiger partial charge on any atom is -0.494 e. The summed E-state index contributed by atoms with van der Waals surface area (Å²) in [4.78, 5) is 16.4. The van der Waals surface area contributed by atoms with Crippen LogP contribution < -0.4 is 15.0 Å². The molecule has 1 N–H and O–H groups in total. The Hall–Kier alpha value is -1.47. The average Bonchev–Trinajstić information content (AvgIpc) is 3.08. The van der Waals surface area contributed by atoms with Crippen LogP contribution >= 0.6 is 11.8 Å². The third kappa shape index (κ3) is 3.15. The number of anilines is 1. The first-order valence-corrected chi connectivity index (χ1v) is 8.53. The van der Waals surface area contributed by atoms with Crippen LogP contribution in [0.25, 0.3) is 0 Å². The zero-order chi connectivity index (χ0) is 15.5. The lowest BCUT2D eigenvalue weighted by Crippen LogP contribution is -2.53. The molecule has 2 saturated heterocycles. The highest BCUT2D eigenvalue weighted by Crippen LogP contribution is 2.29. The van der Waals surface area contributed by atoms with Gasteiger partial charge in [0.15, 0.2) is 0 Å². The molecule has 0 aliphatic carbocycles. The van der Waals surface area contributed by atoms with Crippen LogP contribution in [-0.2, 0) is 4.79 Å². The van der Waals surface area contributed by atoms with Gasteiger partial charge in [-0.1, -0.05) is 0 Å². The summed E-state index contributed by atoms with van der Waals surface area (Å²) < 4.78 is 18.5. The Kier molecular flexibility index (Phi) is 4.73. The SMILES string of the molecule is COc1cc(F)ccc1N1CCN(C(=O)[C@H]2CSCN2)CC1. The molecular formula is C15H20FN3O2S. The summed E-state index contributed by atoms with van der Waals surface area (Å²) in [5, 5.41) is 3.22. The average molecular weight is 325 g/mol. The van der Waals surface area contributed by atoms with E-state index in [1.807, 2.05) is 4.90 Å². The van der Waals surface area contributed by atoms with Crippen molar-refractivity contribution in [1.82, 2.24) is 10.2 Å². The molecule has 0 saturated carbocycles. The van der Waals surface area contributed by atoms with Gasteiger partial charge in [-0.25, -0.2) is 4.39 Å². The molecule has 0 unspecified atom stereocenters. The summed E-state index contributed by atoms with van der Waals surface area (Å²) in [6, 6.07) is 4.53. The Labute approximate surface area is 133 Å². The van der Waals surface area contributed by atoms with E-state index in [-0.39, 0.29) is 17.8 Å². The Balaban J connectivity index is 1.63. The fourth-order valence-corrected chi connectivity index (χ4v) is 3.79. The van der Waals surface area contributed by atoms with Crippen molar-refractivity contribution in [2.45, 2.75) is 6.04 Å². The number of halogens is 1. The Morgan fingerprint density at radius 3 is 2.77 bits per heavy atom. The van der Waals surface area contributed by atoms with E-state index in [1.165, 1.54) is 12.1 Å². The smallest absolute Gasteiger partial charge is 0.240 e. The molecule has 1 aromatic carbocycles. The van der Waals surface area contributed by atoms with Gasteiger partial charge in [0.25, 0.3) is 0 Å². The third-order valence-electron chi connectivity index (χ3n) is 4.09. The number of carbonyl (C=O) groups is 1. The van der Waals surface area contributed by atoms with Gasteiger partial charge in [0.1, 0.15) is 11.6 Å². The number of piperazine rings is 1. The van der Waals surface area contributed by atoms with Gasteiger partial charge in [-0.15, -0.1) is 11.8 Å². The van der Waals surface area contributed by atoms with E-state index in [1.54, 1.807) is 24.9 Å². The first-order valence-electron chi connectivity index (χ1n) is 7.37. The van der Waals surface area contributed by atoms with Crippen LogP contribution in [0, 0.1) is 5.82 Å². The molecule has 0 aromatic heterocycles. The lowest BCUT2D eigenvalue weighted by Gasteiger charge is -2.37. The predicted octanol–water partition coefficient (Wildman–Crippen LogP) is 1.15. The summed E-state index contributed by atoms with van der Waals surface area (Å²) in [7, 11) is 1.54. The highest BCUT2D eigenvalue weighted by atomic mass is 32.2. The fraction of sp³-hybridized carbons (Fsp3) is 0.533. The van der Waals surface area contributed by atoms with Gasteiger partial charge in [-0.2, -0.15) is 0 Å². The van der Waals surface area contributed by atoms with Gasteiger partial charge < -0.3 is 14.5 Å². The number of carbonyl (C=O) groups excluding carboxylic acids is 1. The molecule has 2 heterocycles.